The first-order valence-electron chi connectivity index (χ1n) is 8.50. The lowest BCUT2D eigenvalue weighted by Crippen LogP contribution is -2.30. The molecule has 0 aromatic heterocycles. The molecule has 1 N–H and O–H groups in total. The van der Waals surface area contributed by atoms with Crippen molar-refractivity contribution in [1.29, 1.82) is 0 Å². The topological polar surface area (TPSA) is 50.8 Å². The SMILES string of the molecule is CCN(CC)CCOCCNC(=O)CCCOc1ccccc1. The summed E-state index contributed by atoms with van der Waals surface area (Å²) in [6, 6.07) is 9.64. The predicted molar refractivity (Wildman–Crippen MR) is 92.8 cm³/mol. The van der Waals surface area contributed by atoms with Crippen LogP contribution in [-0.4, -0.2) is 56.8 Å². The summed E-state index contributed by atoms with van der Waals surface area (Å²) in [6.45, 7) is 9.71. The Hall–Kier alpha value is -1.59. The summed E-state index contributed by atoms with van der Waals surface area (Å²) < 4.78 is 11.1. The average Bonchev–Trinajstić information content (AvgIpc) is 2.59. The van der Waals surface area contributed by atoms with Crippen LogP contribution in [0, 0.1) is 0 Å². The molecule has 0 aliphatic carbocycles. The van der Waals surface area contributed by atoms with Crippen LogP contribution in [0.15, 0.2) is 30.3 Å². The van der Waals surface area contributed by atoms with Crippen LogP contribution in [-0.2, 0) is 9.53 Å². The lowest BCUT2D eigenvalue weighted by molar-refractivity contribution is -0.121. The van der Waals surface area contributed by atoms with Crippen LogP contribution in [0.5, 0.6) is 5.75 Å². The number of rotatable bonds is 13. The number of nitrogens with one attached hydrogen (secondary N) is 1. The van der Waals surface area contributed by atoms with Crippen molar-refractivity contribution >= 4 is 5.91 Å². The highest BCUT2D eigenvalue weighted by Gasteiger charge is 2.02. The molecule has 0 fully saturated rings. The maximum Gasteiger partial charge on any atom is 0.220 e. The molecule has 5 heteroatoms. The molecule has 0 atom stereocenters. The first kappa shape index (κ1) is 19.5. The molecule has 1 aromatic rings. The highest BCUT2D eigenvalue weighted by atomic mass is 16.5. The first-order valence-corrected chi connectivity index (χ1v) is 8.50. The van der Waals surface area contributed by atoms with E-state index in [1.165, 1.54) is 0 Å². The van der Waals surface area contributed by atoms with Gasteiger partial charge in [-0.15, -0.1) is 0 Å². The van der Waals surface area contributed by atoms with Gasteiger partial charge in [0.25, 0.3) is 0 Å². The van der Waals surface area contributed by atoms with Crippen LogP contribution in [0.2, 0.25) is 0 Å². The Morgan fingerprint density at radius 1 is 1.09 bits per heavy atom. The van der Waals surface area contributed by atoms with Crippen LogP contribution in [0.3, 0.4) is 0 Å². The van der Waals surface area contributed by atoms with Crippen LogP contribution in [0.4, 0.5) is 0 Å². The molecule has 0 unspecified atom stereocenters. The zero-order valence-corrected chi connectivity index (χ0v) is 14.4. The fourth-order valence-electron chi connectivity index (χ4n) is 2.13. The standard InChI is InChI=1S/C18H30N2O3/c1-3-20(4-2)13-16-22-15-12-19-18(21)11-8-14-23-17-9-6-5-7-10-17/h5-7,9-10H,3-4,8,11-16H2,1-2H3,(H,19,21). The van der Waals surface area contributed by atoms with E-state index in [1.807, 2.05) is 30.3 Å². The van der Waals surface area contributed by atoms with Crippen molar-refractivity contribution < 1.29 is 14.3 Å². The number of likely N-dealkylation sites (N-methyl/N-ethyl adjacent to an activating group) is 1. The zero-order chi connectivity index (χ0) is 16.8. The van der Waals surface area contributed by atoms with Gasteiger partial charge in [-0.1, -0.05) is 32.0 Å². The van der Waals surface area contributed by atoms with Crippen molar-refractivity contribution in [2.24, 2.45) is 0 Å². The largest absolute Gasteiger partial charge is 0.494 e. The Labute approximate surface area is 140 Å². The number of benzene rings is 1. The van der Waals surface area contributed by atoms with E-state index in [2.05, 4.69) is 24.1 Å². The Morgan fingerprint density at radius 2 is 1.83 bits per heavy atom. The summed E-state index contributed by atoms with van der Waals surface area (Å²) >= 11 is 0. The molecular formula is C18H30N2O3. The van der Waals surface area contributed by atoms with Gasteiger partial charge in [-0.3, -0.25) is 4.79 Å². The number of ether oxygens (including phenoxy) is 2. The normalized spacial score (nSPS) is 10.7. The van der Waals surface area contributed by atoms with E-state index in [1.54, 1.807) is 0 Å². The number of carbonyl (C=O) groups is 1. The van der Waals surface area contributed by atoms with E-state index in [0.717, 1.165) is 25.4 Å². The number of hydrogen-bond acceptors (Lipinski definition) is 4. The van der Waals surface area contributed by atoms with Crippen LogP contribution >= 0.6 is 0 Å². The molecule has 0 radical (unpaired) electrons. The molecular weight excluding hydrogens is 292 g/mol. The van der Waals surface area contributed by atoms with Crippen molar-refractivity contribution in [2.45, 2.75) is 26.7 Å². The highest BCUT2D eigenvalue weighted by molar-refractivity contribution is 5.75. The minimum atomic E-state index is 0.0500. The summed E-state index contributed by atoms with van der Waals surface area (Å²) in [4.78, 5) is 14.0. The molecule has 1 amide bonds. The quantitative estimate of drug-likeness (QED) is 0.566. The lowest BCUT2D eigenvalue weighted by Gasteiger charge is -2.17. The van der Waals surface area contributed by atoms with E-state index >= 15 is 0 Å². The zero-order valence-electron chi connectivity index (χ0n) is 14.4. The highest BCUT2D eigenvalue weighted by Crippen LogP contribution is 2.08. The lowest BCUT2D eigenvalue weighted by atomic mass is 10.3. The van der Waals surface area contributed by atoms with E-state index in [4.69, 9.17) is 9.47 Å². The summed E-state index contributed by atoms with van der Waals surface area (Å²) in [7, 11) is 0. The van der Waals surface area contributed by atoms with Crippen LogP contribution in [0.1, 0.15) is 26.7 Å². The van der Waals surface area contributed by atoms with Gasteiger partial charge < -0.3 is 19.7 Å². The maximum atomic E-state index is 11.7. The van der Waals surface area contributed by atoms with Crippen LogP contribution < -0.4 is 10.1 Å². The minimum absolute atomic E-state index is 0.0500. The van der Waals surface area contributed by atoms with Gasteiger partial charge in [0.05, 0.1) is 19.8 Å². The molecule has 130 valence electrons. The third-order valence-electron chi connectivity index (χ3n) is 3.57. The molecule has 1 rings (SSSR count). The van der Waals surface area contributed by atoms with Crippen molar-refractivity contribution in [1.82, 2.24) is 10.2 Å². The number of amides is 1. The second-order valence-corrected chi connectivity index (χ2v) is 5.25. The summed E-state index contributed by atoms with van der Waals surface area (Å²) in [5.41, 5.74) is 0. The summed E-state index contributed by atoms with van der Waals surface area (Å²) in [5, 5.41) is 2.86. The van der Waals surface area contributed by atoms with E-state index in [9.17, 15) is 4.79 Å². The van der Waals surface area contributed by atoms with Gasteiger partial charge in [0, 0.05) is 19.5 Å². The second kappa shape index (κ2) is 12.9. The Balaban J connectivity index is 1.92. The molecule has 0 heterocycles. The van der Waals surface area contributed by atoms with Crippen molar-refractivity contribution in [2.75, 3.05) is 46.0 Å². The third-order valence-corrected chi connectivity index (χ3v) is 3.57. The molecule has 1 aromatic carbocycles. The van der Waals surface area contributed by atoms with Crippen LogP contribution in [0.25, 0.3) is 0 Å². The monoisotopic (exact) mass is 322 g/mol. The van der Waals surface area contributed by atoms with Gasteiger partial charge in [0.2, 0.25) is 5.91 Å². The molecule has 5 nitrogen and oxygen atoms in total. The van der Waals surface area contributed by atoms with Gasteiger partial charge in [0.15, 0.2) is 0 Å². The second-order valence-electron chi connectivity index (χ2n) is 5.25. The molecule has 0 saturated carbocycles. The summed E-state index contributed by atoms with van der Waals surface area (Å²) in [6.07, 6.45) is 1.19. The molecule has 0 bridgehead atoms. The molecule has 0 aliphatic rings. The first-order chi connectivity index (χ1) is 11.3. The molecule has 0 spiro atoms. The Kier molecular flexibility index (Phi) is 10.9. The smallest absolute Gasteiger partial charge is 0.220 e. The van der Waals surface area contributed by atoms with E-state index in [0.29, 0.717) is 39.2 Å². The fourth-order valence-corrected chi connectivity index (χ4v) is 2.13. The van der Waals surface area contributed by atoms with Crippen molar-refractivity contribution in [3.05, 3.63) is 30.3 Å². The Morgan fingerprint density at radius 3 is 2.52 bits per heavy atom. The maximum absolute atomic E-state index is 11.7. The number of carbonyl (C=O) groups excluding carboxylic acids is 1. The van der Waals surface area contributed by atoms with Crippen molar-refractivity contribution in [3.63, 3.8) is 0 Å². The van der Waals surface area contributed by atoms with E-state index < -0.39 is 0 Å². The van der Waals surface area contributed by atoms with E-state index in [-0.39, 0.29) is 5.91 Å². The van der Waals surface area contributed by atoms with Gasteiger partial charge in [0.1, 0.15) is 5.75 Å². The number of para-hydroxylation sites is 1. The summed E-state index contributed by atoms with van der Waals surface area (Å²) in [5.74, 6) is 0.892. The average molecular weight is 322 g/mol. The van der Waals surface area contributed by atoms with Gasteiger partial charge >= 0.3 is 0 Å². The van der Waals surface area contributed by atoms with Gasteiger partial charge in [-0.25, -0.2) is 0 Å². The molecule has 23 heavy (non-hydrogen) atoms. The molecule has 0 saturated heterocycles. The molecule has 0 aliphatic heterocycles. The minimum Gasteiger partial charge on any atom is -0.494 e. The Bertz CT molecular complexity index is 408. The fraction of sp³-hybridized carbons (Fsp3) is 0.611. The van der Waals surface area contributed by atoms with Gasteiger partial charge in [-0.05, 0) is 31.6 Å². The van der Waals surface area contributed by atoms with Crippen molar-refractivity contribution in [3.8, 4) is 5.75 Å². The number of hydrogen-bond donors (Lipinski definition) is 1. The third kappa shape index (κ3) is 9.92. The predicted octanol–water partition coefficient (Wildman–Crippen LogP) is 2.32. The number of nitrogens with zero attached hydrogens (tertiary/aromatic N) is 1. The van der Waals surface area contributed by atoms with Gasteiger partial charge in [-0.2, -0.15) is 0 Å².